The van der Waals surface area contributed by atoms with E-state index in [4.69, 9.17) is 11.6 Å². The normalized spacial score (nSPS) is 11.7. The Morgan fingerprint density at radius 1 is 0.966 bits per heavy atom. The maximum atomic E-state index is 13.0. The number of sulfonamides is 1. The molecule has 1 aromatic heterocycles. The molecule has 148 valence electrons. The van der Waals surface area contributed by atoms with E-state index in [2.05, 4.69) is 9.82 Å². The van der Waals surface area contributed by atoms with Gasteiger partial charge in [-0.15, -0.1) is 0 Å². The molecule has 0 aliphatic carbocycles. The molecule has 0 saturated heterocycles. The van der Waals surface area contributed by atoms with E-state index in [1.54, 1.807) is 23.7 Å². The lowest BCUT2D eigenvalue weighted by atomic mass is 10.1. The van der Waals surface area contributed by atoms with E-state index in [0.717, 1.165) is 22.0 Å². The maximum Gasteiger partial charge on any atom is 0.262 e. The van der Waals surface area contributed by atoms with Crippen molar-refractivity contribution in [3.63, 3.8) is 0 Å². The van der Waals surface area contributed by atoms with Crippen LogP contribution in [-0.4, -0.2) is 18.2 Å². The number of nitrogens with one attached hydrogen (secondary N) is 1. The Morgan fingerprint density at radius 2 is 1.66 bits per heavy atom. The highest BCUT2D eigenvalue weighted by molar-refractivity contribution is 7.92. The van der Waals surface area contributed by atoms with E-state index in [1.807, 2.05) is 61.5 Å². The van der Waals surface area contributed by atoms with Crippen molar-refractivity contribution in [3.8, 4) is 0 Å². The van der Waals surface area contributed by atoms with E-state index in [9.17, 15) is 8.42 Å². The summed E-state index contributed by atoms with van der Waals surface area (Å²) in [6.07, 6.45) is 0. The highest BCUT2D eigenvalue weighted by Crippen LogP contribution is 2.26. The van der Waals surface area contributed by atoms with Gasteiger partial charge in [0.2, 0.25) is 0 Å². The van der Waals surface area contributed by atoms with Crippen molar-refractivity contribution in [2.24, 2.45) is 0 Å². The van der Waals surface area contributed by atoms with Crippen LogP contribution in [0.2, 0.25) is 5.02 Å². The van der Waals surface area contributed by atoms with Crippen molar-refractivity contribution in [2.75, 3.05) is 4.72 Å². The van der Waals surface area contributed by atoms with Gasteiger partial charge in [-0.25, -0.2) is 8.42 Å². The second-order valence-electron chi connectivity index (χ2n) is 6.94. The van der Waals surface area contributed by atoms with Gasteiger partial charge in [0.05, 0.1) is 28.5 Å². The zero-order valence-electron chi connectivity index (χ0n) is 16.1. The number of aromatic nitrogens is 2. The number of aryl methyl sites for hydroxylation is 1. The molecule has 0 amide bonds. The Labute approximate surface area is 175 Å². The van der Waals surface area contributed by atoms with Crippen LogP contribution in [0.15, 0.2) is 71.6 Å². The first-order valence-electron chi connectivity index (χ1n) is 9.13. The number of hydrogen-bond donors (Lipinski definition) is 1. The van der Waals surface area contributed by atoms with Crippen LogP contribution < -0.4 is 4.72 Å². The van der Waals surface area contributed by atoms with Gasteiger partial charge in [0.25, 0.3) is 10.0 Å². The summed E-state index contributed by atoms with van der Waals surface area (Å²) in [4.78, 5) is 0.223. The van der Waals surface area contributed by atoms with Crippen molar-refractivity contribution in [1.82, 2.24) is 9.78 Å². The molecule has 5 nitrogen and oxygen atoms in total. The van der Waals surface area contributed by atoms with Gasteiger partial charge in [-0.2, -0.15) is 5.10 Å². The summed E-state index contributed by atoms with van der Waals surface area (Å²) in [6.45, 7) is 4.18. The molecule has 0 bridgehead atoms. The summed E-state index contributed by atoms with van der Waals surface area (Å²) in [5.41, 5.74) is 2.92. The average molecular weight is 426 g/mol. The Kier molecular flexibility index (Phi) is 5.06. The van der Waals surface area contributed by atoms with Crippen molar-refractivity contribution >= 4 is 38.1 Å². The minimum absolute atomic E-state index is 0.223. The molecule has 0 atom stereocenters. The highest BCUT2D eigenvalue weighted by Gasteiger charge is 2.20. The van der Waals surface area contributed by atoms with Gasteiger partial charge in [0, 0.05) is 5.02 Å². The zero-order valence-corrected chi connectivity index (χ0v) is 17.6. The quantitative estimate of drug-likeness (QED) is 0.480. The van der Waals surface area contributed by atoms with E-state index < -0.39 is 10.0 Å². The summed E-state index contributed by atoms with van der Waals surface area (Å²) in [5.74, 6) is 0. The van der Waals surface area contributed by atoms with Crippen molar-refractivity contribution in [1.29, 1.82) is 0 Å². The van der Waals surface area contributed by atoms with Gasteiger partial charge in [0.15, 0.2) is 0 Å². The lowest BCUT2D eigenvalue weighted by molar-refractivity contribution is 0.601. The minimum atomic E-state index is -3.74. The molecule has 29 heavy (non-hydrogen) atoms. The first-order valence-corrected chi connectivity index (χ1v) is 11.0. The third kappa shape index (κ3) is 3.99. The van der Waals surface area contributed by atoms with Crippen LogP contribution in [0.5, 0.6) is 0 Å². The first-order chi connectivity index (χ1) is 13.8. The molecular formula is C22H20ClN3O2S. The van der Waals surface area contributed by atoms with Crippen LogP contribution in [-0.2, 0) is 16.6 Å². The lowest BCUT2D eigenvalue weighted by Crippen LogP contribution is -2.14. The lowest BCUT2D eigenvalue weighted by Gasteiger charge is -2.10. The van der Waals surface area contributed by atoms with Crippen LogP contribution in [0.4, 0.5) is 5.69 Å². The van der Waals surface area contributed by atoms with Crippen molar-refractivity contribution in [2.45, 2.75) is 25.3 Å². The summed E-state index contributed by atoms with van der Waals surface area (Å²) in [5, 5.41) is 7.06. The molecule has 0 fully saturated rings. The molecule has 0 saturated carbocycles. The Bertz CT molecular complexity index is 1300. The fraction of sp³-hybridized carbons (Fsp3) is 0.136. The monoisotopic (exact) mass is 425 g/mol. The van der Waals surface area contributed by atoms with E-state index in [-0.39, 0.29) is 4.90 Å². The van der Waals surface area contributed by atoms with Crippen LogP contribution in [0, 0.1) is 13.8 Å². The fourth-order valence-electron chi connectivity index (χ4n) is 3.29. The number of hydrogen-bond acceptors (Lipinski definition) is 3. The second-order valence-corrected chi connectivity index (χ2v) is 9.06. The van der Waals surface area contributed by atoms with Gasteiger partial charge in [-0.05, 0) is 54.4 Å². The molecule has 1 heterocycles. The van der Waals surface area contributed by atoms with E-state index in [0.29, 0.717) is 22.9 Å². The largest absolute Gasteiger partial charge is 0.276 e. The van der Waals surface area contributed by atoms with Crippen LogP contribution in [0.25, 0.3) is 10.8 Å². The Morgan fingerprint density at radius 3 is 2.38 bits per heavy atom. The predicted octanol–water partition coefficient (Wildman–Crippen LogP) is 5.16. The number of fused-ring (bicyclic) bond motifs is 1. The average Bonchev–Trinajstić information content (AvgIpc) is 2.96. The number of halogens is 1. The molecule has 4 aromatic rings. The van der Waals surface area contributed by atoms with Gasteiger partial charge < -0.3 is 0 Å². The molecule has 0 aliphatic rings. The summed E-state index contributed by atoms with van der Waals surface area (Å²) < 4.78 is 30.5. The number of anilines is 1. The zero-order chi connectivity index (χ0) is 20.6. The molecule has 0 unspecified atom stereocenters. The van der Waals surface area contributed by atoms with Gasteiger partial charge in [-0.3, -0.25) is 9.40 Å². The summed E-state index contributed by atoms with van der Waals surface area (Å²) in [6, 6.07) is 20.3. The van der Waals surface area contributed by atoms with Gasteiger partial charge in [0.1, 0.15) is 0 Å². The summed E-state index contributed by atoms with van der Waals surface area (Å²) >= 11 is 5.94. The Hall–Kier alpha value is -2.83. The van der Waals surface area contributed by atoms with Crippen LogP contribution in [0.1, 0.15) is 17.0 Å². The number of benzene rings is 3. The van der Waals surface area contributed by atoms with E-state index >= 15 is 0 Å². The molecular weight excluding hydrogens is 406 g/mol. The SMILES string of the molecule is Cc1nn(Cc2ccc(Cl)cc2)c(C)c1NS(=O)(=O)c1ccc2ccccc2c1. The van der Waals surface area contributed by atoms with Crippen molar-refractivity contribution < 1.29 is 8.42 Å². The number of nitrogens with zero attached hydrogens (tertiary/aromatic N) is 2. The highest BCUT2D eigenvalue weighted by atomic mass is 35.5. The summed E-state index contributed by atoms with van der Waals surface area (Å²) in [7, 11) is -3.74. The van der Waals surface area contributed by atoms with Gasteiger partial charge >= 0.3 is 0 Å². The minimum Gasteiger partial charge on any atom is -0.276 e. The van der Waals surface area contributed by atoms with Crippen LogP contribution >= 0.6 is 11.6 Å². The standard InChI is InChI=1S/C22H20ClN3O2S/c1-15-22(16(2)26(24-15)14-17-7-10-20(23)11-8-17)25-29(27,28)21-12-9-18-5-3-4-6-19(18)13-21/h3-13,25H,14H2,1-2H3. The molecule has 3 aromatic carbocycles. The third-order valence-electron chi connectivity index (χ3n) is 4.89. The molecule has 0 radical (unpaired) electrons. The van der Waals surface area contributed by atoms with E-state index in [1.165, 1.54) is 0 Å². The van der Waals surface area contributed by atoms with Crippen LogP contribution in [0.3, 0.4) is 0 Å². The Balaban J connectivity index is 1.64. The molecule has 1 N–H and O–H groups in total. The third-order valence-corrected chi connectivity index (χ3v) is 6.49. The van der Waals surface area contributed by atoms with Gasteiger partial charge in [-0.1, -0.05) is 54.1 Å². The number of rotatable bonds is 5. The predicted molar refractivity (Wildman–Crippen MR) is 117 cm³/mol. The fourth-order valence-corrected chi connectivity index (χ4v) is 4.63. The smallest absolute Gasteiger partial charge is 0.262 e. The topological polar surface area (TPSA) is 64.0 Å². The second kappa shape index (κ2) is 7.54. The molecule has 0 spiro atoms. The van der Waals surface area contributed by atoms with Crippen molar-refractivity contribution in [3.05, 3.63) is 88.7 Å². The molecule has 7 heteroatoms. The maximum absolute atomic E-state index is 13.0. The molecule has 4 rings (SSSR count). The molecule has 0 aliphatic heterocycles. The first kappa shape index (κ1) is 19.5.